The number of ether oxygens (including phenoxy) is 1. The van der Waals surface area contributed by atoms with Gasteiger partial charge in [-0.15, -0.1) is 0 Å². The van der Waals surface area contributed by atoms with Gasteiger partial charge >= 0.3 is 6.09 Å². The minimum atomic E-state index is -0.514. The fourth-order valence-corrected chi connectivity index (χ4v) is 2.80. The van der Waals surface area contributed by atoms with E-state index in [9.17, 15) is 9.59 Å². The van der Waals surface area contributed by atoms with Crippen molar-refractivity contribution in [2.75, 3.05) is 6.54 Å². The number of carbonyl (C=O) groups excluding carboxylic acids is 2. The molecule has 1 saturated carbocycles. The summed E-state index contributed by atoms with van der Waals surface area (Å²) in [6.07, 6.45) is 7.12. The molecule has 1 rings (SSSR count). The van der Waals surface area contributed by atoms with E-state index in [2.05, 4.69) is 24.5 Å². The zero-order valence-electron chi connectivity index (χ0n) is 15.1. The van der Waals surface area contributed by atoms with Gasteiger partial charge in [-0.3, -0.25) is 4.79 Å². The van der Waals surface area contributed by atoms with Crippen molar-refractivity contribution in [1.82, 2.24) is 10.6 Å². The van der Waals surface area contributed by atoms with E-state index in [-0.39, 0.29) is 18.5 Å². The van der Waals surface area contributed by atoms with E-state index in [0.29, 0.717) is 0 Å². The summed E-state index contributed by atoms with van der Waals surface area (Å²) in [6.45, 7) is 10.2. The smallest absolute Gasteiger partial charge is 0.407 e. The van der Waals surface area contributed by atoms with Gasteiger partial charge in [0, 0.05) is 18.7 Å². The molecule has 0 aliphatic heterocycles. The molecule has 0 aromatic carbocycles. The molecule has 0 radical (unpaired) electrons. The third kappa shape index (κ3) is 8.62. The Morgan fingerprint density at radius 2 is 1.78 bits per heavy atom. The van der Waals surface area contributed by atoms with Crippen molar-refractivity contribution in [1.29, 1.82) is 0 Å². The second kappa shape index (κ2) is 8.94. The van der Waals surface area contributed by atoms with Gasteiger partial charge in [0.1, 0.15) is 5.60 Å². The van der Waals surface area contributed by atoms with Gasteiger partial charge in [0.05, 0.1) is 0 Å². The van der Waals surface area contributed by atoms with Gasteiger partial charge in [-0.2, -0.15) is 0 Å². The number of rotatable bonds is 5. The van der Waals surface area contributed by atoms with Crippen molar-refractivity contribution in [3.8, 4) is 0 Å². The predicted octanol–water partition coefficient (Wildman–Crippen LogP) is 3.40. The minimum Gasteiger partial charge on any atom is -0.444 e. The first-order valence-electron chi connectivity index (χ1n) is 8.61. The molecular formula is C18H32N2O3. The van der Waals surface area contributed by atoms with E-state index >= 15 is 0 Å². The maximum atomic E-state index is 11.9. The summed E-state index contributed by atoms with van der Waals surface area (Å²) < 4.78 is 5.11. The topological polar surface area (TPSA) is 67.4 Å². The minimum absolute atomic E-state index is 0.0935. The van der Waals surface area contributed by atoms with Crippen molar-refractivity contribution >= 4 is 12.0 Å². The molecule has 1 aliphatic rings. The molecule has 5 nitrogen and oxygen atoms in total. The second-order valence-corrected chi connectivity index (χ2v) is 7.65. The molecule has 0 spiro atoms. The monoisotopic (exact) mass is 324 g/mol. The van der Waals surface area contributed by atoms with Crippen LogP contribution in [0.1, 0.15) is 60.3 Å². The molecule has 2 N–H and O–H groups in total. The van der Waals surface area contributed by atoms with Crippen molar-refractivity contribution < 1.29 is 14.3 Å². The Balaban J connectivity index is 2.20. The molecule has 0 saturated heterocycles. The van der Waals surface area contributed by atoms with Crippen LogP contribution in [0.3, 0.4) is 0 Å². The number of nitrogens with one attached hydrogen (secondary N) is 2. The SMILES string of the molecule is CC(C)C1CCC(NC(=O)/C=C/CNC(=O)OC(C)(C)C)CC1. The van der Waals surface area contributed by atoms with Crippen molar-refractivity contribution in [2.24, 2.45) is 11.8 Å². The van der Waals surface area contributed by atoms with Crippen LogP contribution in [-0.4, -0.2) is 30.2 Å². The van der Waals surface area contributed by atoms with Crippen LogP contribution in [0.4, 0.5) is 4.79 Å². The molecule has 1 aliphatic carbocycles. The van der Waals surface area contributed by atoms with Crippen LogP contribution in [0.5, 0.6) is 0 Å². The number of hydrogen-bond donors (Lipinski definition) is 2. The lowest BCUT2D eigenvalue weighted by Crippen LogP contribution is -2.37. The van der Waals surface area contributed by atoms with E-state index < -0.39 is 11.7 Å². The first kappa shape index (κ1) is 19.5. The van der Waals surface area contributed by atoms with Crippen LogP contribution < -0.4 is 10.6 Å². The number of amides is 2. The van der Waals surface area contributed by atoms with Gasteiger partial charge in [-0.25, -0.2) is 4.79 Å². The molecule has 132 valence electrons. The van der Waals surface area contributed by atoms with Crippen LogP contribution in [-0.2, 0) is 9.53 Å². The lowest BCUT2D eigenvalue weighted by molar-refractivity contribution is -0.117. The van der Waals surface area contributed by atoms with Gasteiger partial charge < -0.3 is 15.4 Å². The summed E-state index contributed by atoms with van der Waals surface area (Å²) >= 11 is 0. The Kier molecular flexibility index (Phi) is 7.59. The van der Waals surface area contributed by atoms with E-state index in [4.69, 9.17) is 4.74 Å². The summed E-state index contributed by atoms with van der Waals surface area (Å²) in [7, 11) is 0. The summed E-state index contributed by atoms with van der Waals surface area (Å²) in [6, 6.07) is 0.279. The Morgan fingerprint density at radius 1 is 1.17 bits per heavy atom. The van der Waals surface area contributed by atoms with Crippen molar-refractivity contribution in [2.45, 2.75) is 71.9 Å². The quantitative estimate of drug-likeness (QED) is 0.762. The highest BCUT2D eigenvalue weighted by atomic mass is 16.6. The average molecular weight is 324 g/mol. The zero-order chi connectivity index (χ0) is 17.5. The Hall–Kier alpha value is -1.52. The molecule has 0 aromatic heterocycles. The molecule has 0 bridgehead atoms. The average Bonchev–Trinajstić information content (AvgIpc) is 2.42. The third-order valence-corrected chi connectivity index (χ3v) is 4.09. The van der Waals surface area contributed by atoms with Crippen LogP contribution in [0.15, 0.2) is 12.2 Å². The lowest BCUT2D eigenvalue weighted by atomic mass is 9.80. The number of alkyl carbamates (subject to hydrolysis) is 1. The Labute approximate surface area is 140 Å². The fourth-order valence-electron chi connectivity index (χ4n) is 2.80. The van der Waals surface area contributed by atoms with Gasteiger partial charge in [-0.1, -0.05) is 19.9 Å². The summed E-state index contributed by atoms with van der Waals surface area (Å²) in [5.74, 6) is 1.42. The molecule has 23 heavy (non-hydrogen) atoms. The highest BCUT2D eigenvalue weighted by molar-refractivity contribution is 5.87. The van der Waals surface area contributed by atoms with Crippen molar-refractivity contribution in [3.05, 3.63) is 12.2 Å². The van der Waals surface area contributed by atoms with Crippen LogP contribution in [0.2, 0.25) is 0 Å². The molecule has 0 heterocycles. The fraction of sp³-hybridized carbons (Fsp3) is 0.778. The Bertz CT molecular complexity index is 416. The maximum Gasteiger partial charge on any atom is 0.407 e. The maximum absolute atomic E-state index is 11.9. The summed E-state index contributed by atoms with van der Waals surface area (Å²) in [5, 5.41) is 5.62. The van der Waals surface area contributed by atoms with Gasteiger partial charge in [-0.05, 0) is 58.3 Å². The van der Waals surface area contributed by atoms with Gasteiger partial charge in [0.25, 0.3) is 0 Å². The third-order valence-electron chi connectivity index (χ3n) is 4.09. The normalized spacial score (nSPS) is 22.2. The molecule has 0 atom stereocenters. The van der Waals surface area contributed by atoms with Crippen molar-refractivity contribution in [3.63, 3.8) is 0 Å². The predicted molar refractivity (Wildman–Crippen MR) is 92.1 cm³/mol. The summed E-state index contributed by atoms with van der Waals surface area (Å²) in [4.78, 5) is 23.3. The lowest BCUT2D eigenvalue weighted by Gasteiger charge is -2.31. The molecule has 5 heteroatoms. The van der Waals surface area contributed by atoms with E-state index in [0.717, 1.165) is 24.7 Å². The van der Waals surface area contributed by atoms with Crippen LogP contribution in [0, 0.1) is 11.8 Å². The summed E-state index contributed by atoms with van der Waals surface area (Å²) in [5.41, 5.74) is -0.514. The van der Waals surface area contributed by atoms with Gasteiger partial charge in [0.2, 0.25) is 5.91 Å². The highest BCUT2D eigenvalue weighted by Crippen LogP contribution is 2.29. The molecule has 2 amide bonds. The highest BCUT2D eigenvalue weighted by Gasteiger charge is 2.23. The van der Waals surface area contributed by atoms with Crippen LogP contribution in [0.25, 0.3) is 0 Å². The zero-order valence-corrected chi connectivity index (χ0v) is 15.1. The molecular weight excluding hydrogens is 292 g/mol. The van der Waals surface area contributed by atoms with Crippen LogP contribution >= 0.6 is 0 Å². The van der Waals surface area contributed by atoms with E-state index in [1.807, 2.05) is 20.8 Å². The standard InChI is InChI=1S/C18H32N2O3/c1-13(2)14-8-10-15(11-9-14)20-16(21)7-6-12-19-17(22)23-18(3,4)5/h6-7,13-15H,8-12H2,1-5H3,(H,19,22)(H,20,21)/b7-6+. The first-order valence-corrected chi connectivity index (χ1v) is 8.61. The molecule has 1 fully saturated rings. The van der Waals surface area contributed by atoms with E-state index in [1.54, 1.807) is 6.08 Å². The first-order chi connectivity index (χ1) is 10.7. The Morgan fingerprint density at radius 3 is 2.30 bits per heavy atom. The number of carbonyl (C=O) groups is 2. The van der Waals surface area contributed by atoms with E-state index in [1.165, 1.54) is 18.9 Å². The van der Waals surface area contributed by atoms with Gasteiger partial charge in [0.15, 0.2) is 0 Å². The molecule has 0 unspecified atom stereocenters. The second-order valence-electron chi connectivity index (χ2n) is 7.65. The molecule has 0 aromatic rings. The number of hydrogen-bond acceptors (Lipinski definition) is 3. The largest absolute Gasteiger partial charge is 0.444 e.